The van der Waals surface area contributed by atoms with Crippen LogP contribution in [0.5, 0.6) is 0 Å². The molecule has 0 aliphatic carbocycles. The van der Waals surface area contributed by atoms with Crippen LogP contribution in [0.2, 0.25) is 0 Å². The minimum Gasteiger partial charge on any atom is -0.545 e. The Bertz CT molecular complexity index is 75.7. The van der Waals surface area contributed by atoms with E-state index >= 15 is 0 Å². The molecule has 0 unspecified atom stereocenters. The van der Waals surface area contributed by atoms with E-state index in [1.165, 1.54) is 6.92 Å². The number of carbonyl (C=O) groups excluding carboxylic acids is 1. The van der Waals surface area contributed by atoms with Crippen molar-refractivity contribution in [2.75, 3.05) is 0 Å². The number of carbonyl (C=O) groups is 1. The van der Waals surface area contributed by atoms with Gasteiger partial charge in [-0.25, -0.2) is 0 Å². The van der Waals surface area contributed by atoms with Crippen molar-refractivity contribution in [1.29, 1.82) is 0 Å². The predicted octanol–water partition coefficient (Wildman–Crippen LogP) is -1.07. The molecule has 7 heavy (non-hydrogen) atoms. The molecule has 2 nitrogen and oxygen atoms in total. The van der Waals surface area contributed by atoms with E-state index in [1.54, 1.807) is 0 Å². The molecule has 0 saturated carbocycles. The second kappa shape index (κ2) is 4.30. The predicted molar refractivity (Wildman–Crippen MR) is 25.6 cm³/mol. The Hall–Kier alpha value is 0.132. The van der Waals surface area contributed by atoms with Crippen molar-refractivity contribution < 1.29 is 9.90 Å². The maximum Gasteiger partial charge on any atom is 2.00 e. The first-order chi connectivity index (χ1) is 2.64. The van der Waals surface area contributed by atoms with Crippen molar-refractivity contribution in [3.05, 3.63) is 12.2 Å². The number of hydrogen-bond acceptors (Lipinski definition) is 2. The van der Waals surface area contributed by atoms with Gasteiger partial charge in [-0.1, -0.05) is 6.58 Å². The number of rotatable bonds is 1. The first kappa shape index (κ1) is 10.2. The molecule has 0 amide bonds. The summed E-state index contributed by atoms with van der Waals surface area (Å²) in [4.78, 5) is 9.49. The van der Waals surface area contributed by atoms with Crippen molar-refractivity contribution in [3.8, 4) is 0 Å². The molecule has 0 aromatic carbocycles. The quantitative estimate of drug-likeness (QED) is 0.456. The first-order valence-electron chi connectivity index (χ1n) is 1.51. The summed E-state index contributed by atoms with van der Waals surface area (Å²) in [6.07, 6.45) is 0. The fourth-order valence-electron chi connectivity index (χ4n) is 0. The zero-order chi connectivity index (χ0) is 5.15. The van der Waals surface area contributed by atoms with Crippen LogP contribution in [0.4, 0.5) is 0 Å². The molecule has 0 spiro atoms. The van der Waals surface area contributed by atoms with E-state index in [0.717, 1.165) is 0 Å². The van der Waals surface area contributed by atoms with Gasteiger partial charge in [0, 0.05) is 0 Å². The van der Waals surface area contributed by atoms with Crippen LogP contribution in [0.25, 0.3) is 0 Å². The van der Waals surface area contributed by atoms with Crippen LogP contribution in [0, 0.1) is 0 Å². The standard InChI is InChI=1S/C4H6O2.Pb/c1-3(2)4(5)6;/h1H2,2H3,(H,5,6);/q;+2/p-1. The Morgan fingerprint density at radius 1 is 1.71 bits per heavy atom. The smallest absolute Gasteiger partial charge is 0.545 e. The number of carboxylic acid groups (broad SMARTS) is 1. The summed E-state index contributed by atoms with van der Waals surface area (Å²) < 4.78 is 0. The van der Waals surface area contributed by atoms with Gasteiger partial charge in [0.05, 0.1) is 5.97 Å². The zero-order valence-electron chi connectivity index (χ0n) is 4.02. The Balaban J connectivity index is 0. The monoisotopic (exact) mass is 293 g/mol. The van der Waals surface area contributed by atoms with Gasteiger partial charge in [0.25, 0.3) is 0 Å². The molecule has 0 aliphatic heterocycles. The van der Waals surface area contributed by atoms with Crippen LogP contribution >= 0.6 is 0 Å². The van der Waals surface area contributed by atoms with Crippen molar-refractivity contribution in [2.45, 2.75) is 6.92 Å². The van der Waals surface area contributed by atoms with E-state index in [1.807, 2.05) is 0 Å². The second-order valence-corrected chi connectivity index (χ2v) is 1.07. The minimum absolute atomic E-state index is 0. The summed E-state index contributed by atoms with van der Waals surface area (Å²) in [5.41, 5.74) is 0.0648. The van der Waals surface area contributed by atoms with Gasteiger partial charge in [-0.05, 0) is 12.5 Å². The number of aliphatic carboxylic acids is 1. The molecule has 0 atom stereocenters. The second-order valence-electron chi connectivity index (χ2n) is 1.07. The van der Waals surface area contributed by atoms with Gasteiger partial charge in [0.2, 0.25) is 0 Å². The molecule has 36 valence electrons. The molecule has 0 fully saturated rings. The van der Waals surface area contributed by atoms with E-state index in [2.05, 4.69) is 6.58 Å². The van der Waals surface area contributed by atoms with Gasteiger partial charge < -0.3 is 9.90 Å². The third kappa shape index (κ3) is 6.13. The molecule has 0 aromatic rings. The molecule has 2 radical (unpaired) electrons. The normalized spacial score (nSPS) is 6.43. The van der Waals surface area contributed by atoms with Gasteiger partial charge in [-0.3, -0.25) is 0 Å². The summed E-state index contributed by atoms with van der Waals surface area (Å²) in [5, 5.41) is 9.49. The van der Waals surface area contributed by atoms with E-state index < -0.39 is 5.97 Å². The number of carboxylic acids is 1. The van der Waals surface area contributed by atoms with Crippen LogP contribution in [-0.2, 0) is 4.79 Å². The molecule has 0 aromatic heterocycles. The Morgan fingerprint density at radius 3 is 1.86 bits per heavy atom. The molecule has 0 heterocycles. The van der Waals surface area contributed by atoms with Crippen LogP contribution in [-0.4, -0.2) is 33.3 Å². The van der Waals surface area contributed by atoms with Crippen molar-refractivity contribution in [1.82, 2.24) is 0 Å². The van der Waals surface area contributed by atoms with E-state index in [-0.39, 0.29) is 32.9 Å². The maximum absolute atomic E-state index is 9.49. The van der Waals surface area contributed by atoms with Gasteiger partial charge in [0.1, 0.15) is 0 Å². The number of hydrogen-bond donors (Lipinski definition) is 0. The summed E-state index contributed by atoms with van der Waals surface area (Å²) in [7, 11) is 0. The van der Waals surface area contributed by atoms with E-state index in [9.17, 15) is 9.90 Å². The zero-order valence-corrected chi connectivity index (χ0v) is 7.91. The average Bonchev–Trinajstić information content (AvgIpc) is 1.36. The Morgan fingerprint density at radius 2 is 1.86 bits per heavy atom. The van der Waals surface area contributed by atoms with Gasteiger partial charge in [-0.15, -0.1) is 0 Å². The largest absolute Gasteiger partial charge is 2.00 e. The van der Waals surface area contributed by atoms with Crippen molar-refractivity contribution >= 4 is 33.3 Å². The van der Waals surface area contributed by atoms with Crippen LogP contribution in [0.3, 0.4) is 0 Å². The molecular formula is C4H5O2Pb+. The van der Waals surface area contributed by atoms with Gasteiger partial charge in [0.15, 0.2) is 0 Å². The summed E-state index contributed by atoms with van der Waals surface area (Å²) in [6, 6.07) is 0. The van der Waals surface area contributed by atoms with Crippen LogP contribution in [0.15, 0.2) is 12.2 Å². The van der Waals surface area contributed by atoms with Crippen LogP contribution in [0.1, 0.15) is 6.92 Å². The Labute approximate surface area is 62.4 Å². The third-order valence-corrected chi connectivity index (χ3v) is 0.348. The molecule has 3 heteroatoms. The van der Waals surface area contributed by atoms with Crippen molar-refractivity contribution in [3.63, 3.8) is 0 Å². The fourth-order valence-corrected chi connectivity index (χ4v) is 0. The summed E-state index contributed by atoms with van der Waals surface area (Å²) in [6.45, 7) is 4.48. The van der Waals surface area contributed by atoms with Gasteiger partial charge >= 0.3 is 27.3 Å². The molecule has 0 aliphatic rings. The Kier molecular flexibility index (Phi) is 6.25. The molecule has 0 saturated heterocycles. The molecule has 0 N–H and O–H groups in total. The van der Waals surface area contributed by atoms with E-state index in [0.29, 0.717) is 0 Å². The molecular weight excluding hydrogens is 287 g/mol. The van der Waals surface area contributed by atoms with Crippen LogP contribution < -0.4 is 5.11 Å². The SMILES string of the molecule is C=C(C)C(=O)[O-].[Pb+2]. The fraction of sp³-hybridized carbons (Fsp3) is 0.250. The topological polar surface area (TPSA) is 40.1 Å². The first-order valence-corrected chi connectivity index (χ1v) is 1.51. The summed E-state index contributed by atoms with van der Waals surface area (Å²) >= 11 is 0. The van der Waals surface area contributed by atoms with Gasteiger partial charge in [-0.2, -0.15) is 0 Å². The average molecular weight is 292 g/mol. The van der Waals surface area contributed by atoms with E-state index in [4.69, 9.17) is 0 Å². The summed E-state index contributed by atoms with van der Waals surface area (Å²) in [5.74, 6) is -1.19. The minimum atomic E-state index is -1.19. The molecule has 0 bridgehead atoms. The maximum atomic E-state index is 9.49. The van der Waals surface area contributed by atoms with Crippen molar-refractivity contribution in [2.24, 2.45) is 0 Å². The third-order valence-electron chi connectivity index (χ3n) is 0.348. The molecule has 0 rings (SSSR count).